The van der Waals surface area contributed by atoms with E-state index in [9.17, 15) is 18.4 Å². The smallest absolute Gasteiger partial charge is 0.317 e. The number of alkyl halides is 2. The predicted octanol–water partition coefficient (Wildman–Crippen LogP) is 3.45. The molecule has 3 nitrogen and oxygen atoms in total. The molecule has 2 aliphatic rings. The van der Waals surface area contributed by atoms with Gasteiger partial charge in [0.1, 0.15) is 5.60 Å². The summed E-state index contributed by atoms with van der Waals surface area (Å²) in [5.74, 6) is -6.98. The van der Waals surface area contributed by atoms with E-state index in [0.29, 0.717) is 16.3 Å². The molecule has 1 heterocycles. The third-order valence-electron chi connectivity index (χ3n) is 4.79. The number of ether oxygens (including phenoxy) is 1. The van der Waals surface area contributed by atoms with Crippen LogP contribution in [0, 0.1) is 5.92 Å². The lowest BCUT2D eigenvalue weighted by atomic mass is 9.69. The van der Waals surface area contributed by atoms with E-state index >= 15 is 0 Å². The second-order valence-electron chi connectivity index (χ2n) is 6.00. The van der Waals surface area contributed by atoms with Crippen molar-refractivity contribution in [3.8, 4) is 0 Å². The second-order valence-corrected chi connectivity index (χ2v) is 6.00. The lowest BCUT2D eigenvalue weighted by Gasteiger charge is -2.40. The summed E-state index contributed by atoms with van der Waals surface area (Å²) >= 11 is 0. The minimum absolute atomic E-state index is 0.0310. The summed E-state index contributed by atoms with van der Waals surface area (Å²) in [7, 11) is 0. The fraction of sp³-hybridized carbons (Fsp3) is 0.294. The predicted molar refractivity (Wildman–Crippen MR) is 74.8 cm³/mol. The summed E-state index contributed by atoms with van der Waals surface area (Å²) in [4.78, 5) is 24.0. The lowest BCUT2D eigenvalue weighted by molar-refractivity contribution is -0.153. The Morgan fingerprint density at radius 2 is 1.86 bits per heavy atom. The van der Waals surface area contributed by atoms with E-state index < -0.39 is 35.6 Å². The number of carbonyl (C=O) groups excluding carboxylic acids is 2. The van der Waals surface area contributed by atoms with Crippen LogP contribution in [0.15, 0.2) is 36.4 Å². The highest BCUT2D eigenvalue weighted by atomic mass is 19.3. The van der Waals surface area contributed by atoms with E-state index in [4.69, 9.17) is 4.74 Å². The van der Waals surface area contributed by atoms with E-state index in [0.717, 1.165) is 0 Å². The summed E-state index contributed by atoms with van der Waals surface area (Å²) < 4.78 is 34.4. The molecular formula is C17H12F2O3. The molecule has 2 aromatic carbocycles. The number of ketones is 1. The van der Waals surface area contributed by atoms with Crippen LogP contribution in [0.5, 0.6) is 0 Å². The summed E-state index contributed by atoms with van der Waals surface area (Å²) in [6.07, 6.45) is -0.443. The molecule has 1 saturated heterocycles. The Morgan fingerprint density at radius 1 is 1.14 bits per heavy atom. The largest absolute Gasteiger partial charge is 0.454 e. The number of halogens is 2. The van der Waals surface area contributed by atoms with Crippen LogP contribution in [0.25, 0.3) is 10.8 Å². The monoisotopic (exact) mass is 302 g/mol. The van der Waals surface area contributed by atoms with Gasteiger partial charge in [0.25, 0.3) is 0 Å². The number of benzene rings is 2. The molecule has 0 amide bonds. The molecule has 0 aromatic heterocycles. The molecule has 2 atom stereocenters. The number of esters is 1. The topological polar surface area (TPSA) is 43.4 Å². The molecule has 0 N–H and O–H groups in total. The van der Waals surface area contributed by atoms with Crippen molar-refractivity contribution in [2.24, 2.45) is 5.92 Å². The Kier molecular flexibility index (Phi) is 2.38. The Labute approximate surface area is 124 Å². The van der Waals surface area contributed by atoms with Crippen molar-refractivity contribution in [1.29, 1.82) is 0 Å². The van der Waals surface area contributed by atoms with E-state index in [-0.39, 0.29) is 5.56 Å². The molecule has 2 unspecified atom stereocenters. The third kappa shape index (κ3) is 1.43. The highest BCUT2D eigenvalue weighted by Gasteiger charge is 2.66. The van der Waals surface area contributed by atoms with Crippen LogP contribution in [-0.4, -0.2) is 17.7 Å². The molecule has 0 bridgehead atoms. The van der Waals surface area contributed by atoms with E-state index in [1.807, 2.05) is 0 Å². The second kappa shape index (κ2) is 3.91. The van der Waals surface area contributed by atoms with Crippen LogP contribution < -0.4 is 0 Å². The van der Waals surface area contributed by atoms with Gasteiger partial charge >= 0.3 is 11.9 Å². The summed E-state index contributed by atoms with van der Waals surface area (Å²) in [5.41, 5.74) is -1.12. The quantitative estimate of drug-likeness (QED) is 0.700. The van der Waals surface area contributed by atoms with Crippen LogP contribution in [0.4, 0.5) is 8.78 Å². The van der Waals surface area contributed by atoms with Crippen LogP contribution in [-0.2, 0) is 15.1 Å². The molecule has 2 aromatic rings. The van der Waals surface area contributed by atoms with Crippen molar-refractivity contribution < 1.29 is 23.1 Å². The zero-order valence-corrected chi connectivity index (χ0v) is 11.7. The average molecular weight is 302 g/mol. The maximum absolute atomic E-state index is 14.6. The van der Waals surface area contributed by atoms with Gasteiger partial charge in [-0.3, -0.25) is 9.59 Å². The van der Waals surface area contributed by atoms with Crippen LogP contribution in [0.1, 0.15) is 29.3 Å². The van der Waals surface area contributed by atoms with Crippen LogP contribution in [0.2, 0.25) is 0 Å². The summed E-state index contributed by atoms with van der Waals surface area (Å²) in [5, 5.41) is 1.17. The normalized spacial score (nSPS) is 29.1. The number of hydrogen-bond donors (Lipinski definition) is 0. The molecule has 5 heteroatoms. The van der Waals surface area contributed by atoms with Crippen molar-refractivity contribution in [2.75, 3.05) is 0 Å². The van der Waals surface area contributed by atoms with E-state index in [1.54, 1.807) is 36.4 Å². The molecule has 0 saturated carbocycles. The molecule has 0 spiro atoms. The summed E-state index contributed by atoms with van der Waals surface area (Å²) in [6.45, 7) is 1.47. The number of hydrogen-bond acceptors (Lipinski definition) is 3. The van der Waals surface area contributed by atoms with Gasteiger partial charge < -0.3 is 4.74 Å². The van der Waals surface area contributed by atoms with E-state index in [2.05, 4.69) is 0 Å². The third-order valence-corrected chi connectivity index (χ3v) is 4.79. The standard InChI is InChI=1S/C17H12F2O3/c1-16-11-7-6-9-4-2-3-5-10(9)14(11)15(21)17(18,19)12(16)8-13(20)22-16/h2-7,12H,8H2,1H3. The van der Waals surface area contributed by atoms with Gasteiger partial charge in [-0.05, 0) is 17.7 Å². The molecule has 1 fully saturated rings. The minimum atomic E-state index is -3.61. The SMILES string of the molecule is CC12OC(=O)CC1C(F)(F)C(=O)c1c2ccc2ccccc12. The molecule has 112 valence electrons. The van der Waals surface area contributed by atoms with Gasteiger partial charge in [-0.1, -0.05) is 36.4 Å². The maximum Gasteiger partial charge on any atom is 0.317 e. The first-order chi connectivity index (χ1) is 10.4. The molecule has 1 aliphatic carbocycles. The molecule has 4 rings (SSSR count). The first-order valence-corrected chi connectivity index (χ1v) is 7.02. The highest BCUT2D eigenvalue weighted by molar-refractivity contribution is 6.14. The van der Waals surface area contributed by atoms with Gasteiger partial charge in [-0.25, -0.2) is 0 Å². The van der Waals surface area contributed by atoms with Crippen molar-refractivity contribution in [3.05, 3.63) is 47.5 Å². The molecule has 1 aliphatic heterocycles. The first kappa shape index (κ1) is 13.4. The minimum Gasteiger partial charge on any atom is -0.454 e. The Hall–Kier alpha value is -2.30. The van der Waals surface area contributed by atoms with Crippen molar-refractivity contribution >= 4 is 22.5 Å². The zero-order chi connectivity index (χ0) is 15.7. The number of rotatable bonds is 0. The first-order valence-electron chi connectivity index (χ1n) is 7.02. The number of carbonyl (C=O) groups is 2. The fourth-order valence-corrected chi connectivity index (χ4v) is 3.68. The Morgan fingerprint density at radius 3 is 2.64 bits per heavy atom. The number of Topliss-reactive ketones (excluding diaryl/α,β-unsaturated/α-hetero) is 1. The summed E-state index contributed by atoms with van der Waals surface area (Å²) in [6, 6.07) is 10.3. The Balaban J connectivity index is 2.12. The Bertz CT molecular complexity index is 843. The highest BCUT2D eigenvalue weighted by Crippen LogP contribution is 2.55. The number of fused-ring (bicyclic) bond motifs is 5. The molecule has 22 heavy (non-hydrogen) atoms. The van der Waals surface area contributed by atoms with Crippen LogP contribution in [0.3, 0.4) is 0 Å². The molecule has 0 radical (unpaired) electrons. The lowest BCUT2D eigenvalue weighted by Crippen LogP contribution is -2.51. The maximum atomic E-state index is 14.6. The van der Waals surface area contributed by atoms with Gasteiger partial charge in [-0.15, -0.1) is 0 Å². The van der Waals surface area contributed by atoms with Gasteiger partial charge in [0.05, 0.1) is 12.3 Å². The van der Waals surface area contributed by atoms with Gasteiger partial charge in [0.2, 0.25) is 5.78 Å². The zero-order valence-electron chi connectivity index (χ0n) is 11.7. The fourth-order valence-electron chi connectivity index (χ4n) is 3.68. The van der Waals surface area contributed by atoms with Gasteiger partial charge in [0.15, 0.2) is 0 Å². The van der Waals surface area contributed by atoms with Gasteiger partial charge in [-0.2, -0.15) is 8.78 Å². The van der Waals surface area contributed by atoms with Crippen LogP contribution >= 0.6 is 0 Å². The van der Waals surface area contributed by atoms with Crippen molar-refractivity contribution in [1.82, 2.24) is 0 Å². The van der Waals surface area contributed by atoms with E-state index in [1.165, 1.54) is 6.92 Å². The molecular weight excluding hydrogens is 290 g/mol. The van der Waals surface area contributed by atoms with Gasteiger partial charge in [0, 0.05) is 11.1 Å². The van der Waals surface area contributed by atoms with Crippen molar-refractivity contribution in [3.63, 3.8) is 0 Å². The van der Waals surface area contributed by atoms with Crippen molar-refractivity contribution in [2.45, 2.75) is 24.9 Å². The average Bonchev–Trinajstić information content (AvgIpc) is 2.81.